The molecule has 0 N–H and O–H groups in total. The van der Waals surface area contributed by atoms with E-state index in [-0.39, 0.29) is 24.1 Å². The molecule has 1 aromatic heterocycles. The zero-order valence-corrected chi connectivity index (χ0v) is 22.3. The fourth-order valence-electron chi connectivity index (χ4n) is 6.39. The second kappa shape index (κ2) is 10.2. The quantitative estimate of drug-likeness (QED) is 0.426. The van der Waals surface area contributed by atoms with E-state index < -0.39 is 17.7 Å². The molecule has 6 rings (SSSR count). The molecule has 10 heteroatoms. The second-order valence-corrected chi connectivity index (χ2v) is 10.8. The van der Waals surface area contributed by atoms with E-state index in [1.807, 2.05) is 18.2 Å². The van der Waals surface area contributed by atoms with Gasteiger partial charge in [-0.15, -0.1) is 0 Å². The Morgan fingerprint density at radius 3 is 2.38 bits per heavy atom. The van der Waals surface area contributed by atoms with Crippen molar-refractivity contribution in [3.8, 4) is 0 Å². The summed E-state index contributed by atoms with van der Waals surface area (Å²) < 4.78 is 35.9. The third kappa shape index (κ3) is 4.54. The lowest BCUT2D eigenvalue weighted by atomic mass is 9.92. The molecule has 2 aromatic carbocycles. The molecule has 39 heavy (non-hydrogen) atoms. The minimum absolute atomic E-state index is 0.0470. The molecule has 3 amide bonds. The number of benzene rings is 2. The van der Waals surface area contributed by atoms with Crippen LogP contribution >= 0.6 is 0 Å². The van der Waals surface area contributed by atoms with Gasteiger partial charge < -0.3 is 19.1 Å². The average Bonchev–Trinajstić information content (AvgIpc) is 3.49. The van der Waals surface area contributed by atoms with E-state index in [9.17, 15) is 18.4 Å². The number of amides is 3. The number of urea groups is 1. The van der Waals surface area contributed by atoms with Gasteiger partial charge in [0.2, 0.25) is 5.91 Å². The second-order valence-electron chi connectivity index (χ2n) is 10.8. The van der Waals surface area contributed by atoms with Gasteiger partial charge in [0.15, 0.2) is 11.6 Å². The zero-order valence-electron chi connectivity index (χ0n) is 22.3. The molecule has 1 saturated carbocycles. The molecule has 206 valence electrons. The molecule has 3 aromatic rings. The molecule has 1 atom stereocenters. The molecule has 0 radical (unpaired) electrons. The zero-order chi connectivity index (χ0) is 27.3. The van der Waals surface area contributed by atoms with E-state index in [1.165, 1.54) is 6.07 Å². The van der Waals surface area contributed by atoms with Crippen LogP contribution in [0, 0.1) is 11.6 Å². The number of aromatic nitrogens is 2. The molecular formula is C29H33F2N5O3. The van der Waals surface area contributed by atoms with Crippen molar-refractivity contribution in [3.05, 3.63) is 53.9 Å². The van der Waals surface area contributed by atoms with Crippen LogP contribution in [0.3, 0.4) is 0 Å². The molecule has 0 spiro atoms. The van der Waals surface area contributed by atoms with Gasteiger partial charge in [-0.05, 0) is 68.9 Å². The molecule has 2 aliphatic heterocycles. The smallest absolute Gasteiger partial charge is 0.324 e. The van der Waals surface area contributed by atoms with Crippen molar-refractivity contribution in [1.82, 2.24) is 14.5 Å². The van der Waals surface area contributed by atoms with Crippen molar-refractivity contribution in [2.45, 2.75) is 63.1 Å². The number of imidazole rings is 1. The van der Waals surface area contributed by atoms with Crippen LogP contribution in [-0.2, 0) is 9.53 Å². The minimum atomic E-state index is -0.985. The number of hydrogen-bond acceptors (Lipinski definition) is 4. The third-order valence-corrected chi connectivity index (χ3v) is 8.50. The third-order valence-electron chi connectivity index (χ3n) is 8.50. The molecule has 2 saturated heterocycles. The van der Waals surface area contributed by atoms with E-state index in [1.54, 1.807) is 28.9 Å². The Kier molecular flexibility index (Phi) is 6.74. The number of methoxy groups -OCH3 is 1. The highest BCUT2D eigenvalue weighted by molar-refractivity contribution is 5.97. The number of rotatable bonds is 5. The minimum Gasteiger partial charge on any atom is -0.381 e. The number of nitrogens with zero attached hydrogens (tertiary/aromatic N) is 5. The standard InChI is InChI=1S/C29H33F2N5O3/c1-33-14-15-34(29(33)38)19-9-13-25-24(17-19)32-28(36(25)18-6-10-21(39-2)11-7-18)26-4-3-5-27(37)35(26)20-8-12-22(30)23(31)16-20/h8-9,12-13,16-18,21,26H,3-7,10-11,14-15H2,1-2H3/t18?,21?,26-/m0/s1. The summed E-state index contributed by atoms with van der Waals surface area (Å²) in [7, 11) is 3.53. The average molecular weight is 538 g/mol. The summed E-state index contributed by atoms with van der Waals surface area (Å²) in [6, 6.07) is 9.22. The van der Waals surface area contributed by atoms with Crippen LogP contribution in [0.15, 0.2) is 36.4 Å². The summed E-state index contributed by atoms with van der Waals surface area (Å²) in [5.41, 5.74) is 2.81. The van der Waals surface area contributed by atoms with Gasteiger partial charge in [0.1, 0.15) is 5.82 Å². The lowest BCUT2D eigenvalue weighted by molar-refractivity contribution is -0.120. The first-order chi connectivity index (χ1) is 18.9. The van der Waals surface area contributed by atoms with Crippen LogP contribution in [-0.4, -0.2) is 59.7 Å². The molecular weight excluding hydrogens is 504 g/mol. The van der Waals surface area contributed by atoms with Crippen LogP contribution in [0.4, 0.5) is 25.0 Å². The maximum atomic E-state index is 14.3. The Morgan fingerprint density at radius 2 is 1.69 bits per heavy atom. The topological polar surface area (TPSA) is 70.9 Å². The first-order valence-corrected chi connectivity index (χ1v) is 13.7. The van der Waals surface area contributed by atoms with E-state index in [2.05, 4.69) is 4.57 Å². The fraction of sp³-hybridized carbons (Fsp3) is 0.483. The monoisotopic (exact) mass is 537 g/mol. The van der Waals surface area contributed by atoms with Crippen molar-refractivity contribution in [1.29, 1.82) is 0 Å². The van der Waals surface area contributed by atoms with Gasteiger partial charge in [-0.25, -0.2) is 18.6 Å². The van der Waals surface area contributed by atoms with Gasteiger partial charge in [-0.2, -0.15) is 0 Å². The molecule has 1 aliphatic carbocycles. The van der Waals surface area contributed by atoms with E-state index in [0.29, 0.717) is 38.0 Å². The molecule has 0 unspecified atom stereocenters. The van der Waals surface area contributed by atoms with E-state index in [4.69, 9.17) is 9.72 Å². The van der Waals surface area contributed by atoms with Gasteiger partial charge in [-0.3, -0.25) is 9.69 Å². The molecule has 0 bridgehead atoms. The van der Waals surface area contributed by atoms with Crippen molar-refractivity contribution in [2.75, 3.05) is 37.0 Å². The van der Waals surface area contributed by atoms with Crippen molar-refractivity contribution in [3.63, 3.8) is 0 Å². The highest BCUT2D eigenvalue weighted by atomic mass is 19.2. The van der Waals surface area contributed by atoms with Crippen LogP contribution in [0.1, 0.15) is 62.9 Å². The Labute approximate surface area is 226 Å². The number of halogens is 2. The first-order valence-electron chi connectivity index (χ1n) is 13.7. The van der Waals surface area contributed by atoms with Crippen molar-refractivity contribution >= 4 is 34.3 Å². The Hall–Kier alpha value is -3.53. The maximum Gasteiger partial charge on any atom is 0.324 e. The summed E-state index contributed by atoms with van der Waals surface area (Å²) in [5, 5.41) is 0. The molecule has 8 nitrogen and oxygen atoms in total. The lowest BCUT2D eigenvalue weighted by Gasteiger charge is -2.37. The number of ether oxygens (including phenoxy) is 1. The maximum absolute atomic E-state index is 14.3. The largest absolute Gasteiger partial charge is 0.381 e. The number of fused-ring (bicyclic) bond motifs is 1. The van der Waals surface area contributed by atoms with Crippen LogP contribution in [0.25, 0.3) is 11.0 Å². The van der Waals surface area contributed by atoms with Gasteiger partial charge in [0, 0.05) is 57.2 Å². The predicted octanol–water partition coefficient (Wildman–Crippen LogP) is 5.57. The predicted molar refractivity (Wildman–Crippen MR) is 144 cm³/mol. The van der Waals surface area contributed by atoms with Crippen LogP contribution in [0.5, 0.6) is 0 Å². The van der Waals surface area contributed by atoms with Crippen molar-refractivity contribution < 1.29 is 23.1 Å². The number of carbonyl (C=O) groups excluding carboxylic acids is 2. The highest BCUT2D eigenvalue weighted by Gasteiger charge is 2.37. The van der Waals surface area contributed by atoms with Gasteiger partial charge in [-0.1, -0.05) is 0 Å². The molecule has 3 aliphatic rings. The number of anilines is 2. The number of carbonyl (C=O) groups is 2. The van der Waals surface area contributed by atoms with Crippen LogP contribution in [0.2, 0.25) is 0 Å². The fourth-order valence-corrected chi connectivity index (χ4v) is 6.39. The highest BCUT2D eigenvalue weighted by Crippen LogP contribution is 2.41. The van der Waals surface area contributed by atoms with Crippen molar-refractivity contribution in [2.24, 2.45) is 0 Å². The van der Waals surface area contributed by atoms with Crippen LogP contribution < -0.4 is 9.80 Å². The number of piperidine rings is 1. The Balaban J connectivity index is 1.46. The number of likely N-dealkylation sites (N-methyl/N-ethyl adjacent to an activating group) is 1. The summed E-state index contributed by atoms with van der Waals surface area (Å²) in [4.78, 5) is 36.1. The first kappa shape index (κ1) is 25.7. The molecule has 3 heterocycles. The molecule has 3 fully saturated rings. The van der Waals surface area contributed by atoms with E-state index >= 15 is 0 Å². The summed E-state index contributed by atoms with van der Waals surface area (Å²) in [6.45, 7) is 1.27. The van der Waals surface area contributed by atoms with Gasteiger partial charge in [0.25, 0.3) is 0 Å². The summed E-state index contributed by atoms with van der Waals surface area (Å²) in [6.07, 6.45) is 5.54. The Morgan fingerprint density at radius 1 is 0.923 bits per heavy atom. The summed E-state index contributed by atoms with van der Waals surface area (Å²) >= 11 is 0. The van der Waals surface area contributed by atoms with Gasteiger partial charge in [0.05, 0.1) is 23.2 Å². The number of hydrogen-bond donors (Lipinski definition) is 0. The normalized spacial score (nSPS) is 24.3. The SMILES string of the molecule is COC1CCC(n2c([C@@H]3CCCC(=O)N3c3ccc(F)c(F)c3)nc3cc(N4CCN(C)C4=O)ccc32)CC1. The van der Waals surface area contributed by atoms with Gasteiger partial charge >= 0.3 is 6.03 Å². The Bertz CT molecular complexity index is 1420. The van der Waals surface area contributed by atoms with E-state index in [0.717, 1.165) is 60.4 Å². The lowest BCUT2D eigenvalue weighted by Crippen LogP contribution is -2.40. The summed E-state index contributed by atoms with van der Waals surface area (Å²) in [5.74, 6) is -1.33.